The molecule has 0 aromatic carbocycles. The standard InChI is InChI=1S/C6H16B2N3/c1-9(2)7-6-8(10(3)4)11(7)5/h6H,1-5H3/q-1. The fraction of sp³-hybridized carbons (Fsp3) is 0.833. The molecule has 0 bridgehead atoms. The van der Waals surface area contributed by atoms with Crippen molar-refractivity contribution in [3.8, 4) is 0 Å². The lowest BCUT2D eigenvalue weighted by molar-refractivity contribution is 0.508. The minimum atomic E-state index is 0.516. The van der Waals surface area contributed by atoms with Gasteiger partial charge in [-0.1, -0.05) is 0 Å². The average Bonchev–Trinajstić information content (AvgIpc) is 1.82. The van der Waals surface area contributed by atoms with Crippen LogP contribution in [0, 0.1) is 6.22 Å². The molecule has 1 aliphatic rings. The summed E-state index contributed by atoms with van der Waals surface area (Å²) in [7, 11) is 10.6. The smallest absolute Gasteiger partial charge is 0.115 e. The molecular formula is C6H16B2N3-. The second-order valence-electron chi connectivity index (χ2n) is 3.61. The van der Waals surface area contributed by atoms with Gasteiger partial charge in [-0.15, -0.1) is 0 Å². The Bertz CT molecular complexity index is 126. The maximum atomic E-state index is 2.33. The molecule has 0 N–H and O–H groups in total. The van der Waals surface area contributed by atoms with Crippen LogP contribution in [0.15, 0.2) is 0 Å². The van der Waals surface area contributed by atoms with Gasteiger partial charge in [0.05, 0.1) is 0 Å². The molecule has 1 saturated heterocycles. The summed E-state index contributed by atoms with van der Waals surface area (Å²) in [6.07, 6.45) is 2.33. The normalized spacial score (nSPS) is 19.9. The number of nitrogens with zero attached hydrogens (tertiary/aromatic N) is 3. The molecule has 0 saturated carbocycles. The van der Waals surface area contributed by atoms with Crippen molar-refractivity contribution < 1.29 is 0 Å². The van der Waals surface area contributed by atoms with Crippen molar-refractivity contribution in [2.24, 2.45) is 0 Å². The van der Waals surface area contributed by atoms with E-state index in [2.05, 4.69) is 55.8 Å². The van der Waals surface area contributed by atoms with Gasteiger partial charge >= 0.3 is 0 Å². The first kappa shape index (κ1) is 9.10. The van der Waals surface area contributed by atoms with Gasteiger partial charge in [0.2, 0.25) is 0 Å². The molecule has 0 amide bonds. The fourth-order valence-corrected chi connectivity index (χ4v) is 1.55. The molecular weight excluding hydrogens is 136 g/mol. The molecule has 1 fully saturated rings. The van der Waals surface area contributed by atoms with Gasteiger partial charge in [0.25, 0.3) is 0 Å². The van der Waals surface area contributed by atoms with Gasteiger partial charge < -0.3 is 20.6 Å². The molecule has 0 unspecified atom stereocenters. The van der Waals surface area contributed by atoms with E-state index >= 15 is 0 Å². The minimum absolute atomic E-state index is 0.516. The Morgan fingerprint density at radius 3 is 1.55 bits per heavy atom. The maximum Gasteiger partial charge on any atom is 0.115 e. The van der Waals surface area contributed by atoms with Gasteiger partial charge in [-0.2, -0.15) is 0 Å². The summed E-state index contributed by atoms with van der Waals surface area (Å²) in [5, 5.41) is 0. The van der Waals surface area contributed by atoms with E-state index in [1.165, 1.54) is 0 Å². The first-order valence-electron chi connectivity index (χ1n) is 3.94. The lowest BCUT2D eigenvalue weighted by Gasteiger charge is -2.58. The molecule has 0 spiro atoms. The lowest BCUT2D eigenvalue weighted by atomic mass is 9.34. The third kappa shape index (κ3) is 1.60. The zero-order valence-electron chi connectivity index (χ0n) is 8.07. The molecule has 62 valence electrons. The number of rotatable bonds is 2. The molecule has 11 heavy (non-hydrogen) atoms. The van der Waals surface area contributed by atoms with Gasteiger partial charge in [0, 0.05) is 0 Å². The van der Waals surface area contributed by atoms with Crippen molar-refractivity contribution in [3.05, 3.63) is 6.22 Å². The molecule has 0 radical (unpaired) electrons. The second kappa shape index (κ2) is 3.17. The van der Waals surface area contributed by atoms with Crippen LogP contribution >= 0.6 is 0 Å². The summed E-state index contributed by atoms with van der Waals surface area (Å²) >= 11 is 0. The van der Waals surface area contributed by atoms with Crippen LogP contribution in [0.4, 0.5) is 0 Å². The largest absolute Gasteiger partial charge is 0.410 e. The van der Waals surface area contributed by atoms with Crippen molar-refractivity contribution in [1.29, 1.82) is 0 Å². The third-order valence-electron chi connectivity index (χ3n) is 2.24. The SMILES string of the molecule is CN(C)B1[CH-]B(N(C)C)N1C. The van der Waals surface area contributed by atoms with Gasteiger partial charge in [0.15, 0.2) is 0 Å². The topological polar surface area (TPSA) is 9.72 Å². The van der Waals surface area contributed by atoms with E-state index < -0.39 is 0 Å². The van der Waals surface area contributed by atoms with E-state index in [0.717, 1.165) is 0 Å². The Kier molecular flexibility index (Phi) is 2.62. The van der Waals surface area contributed by atoms with Crippen molar-refractivity contribution in [2.75, 3.05) is 35.2 Å². The summed E-state index contributed by atoms with van der Waals surface area (Å²) < 4.78 is 2.33. The molecule has 0 aliphatic carbocycles. The fourth-order valence-electron chi connectivity index (χ4n) is 1.55. The Hall–Kier alpha value is 0.00987. The lowest BCUT2D eigenvalue weighted by Crippen LogP contribution is -2.72. The van der Waals surface area contributed by atoms with E-state index in [1.54, 1.807) is 0 Å². The van der Waals surface area contributed by atoms with E-state index in [4.69, 9.17) is 0 Å². The highest BCUT2D eigenvalue weighted by molar-refractivity contribution is 6.93. The van der Waals surface area contributed by atoms with E-state index in [9.17, 15) is 0 Å². The van der Waals surface area contributed by atoms with Crippen molar-refractivity contribution in [2.45, 2.75) is 0 Å². The molecule has 1 rings (SSSR count). The predicted octanol–water partition coefficient (Wildman–Crippen LogP) is -0.686. The molecule has 0 aromatic rings. The number of hydrogen-bond acceptors (Lipinski definition) is 3. The van der Waals surface area contributed by atoms with E-state index in [1.807, 2.05) is 0 Å². The van der Waals surface area contributed by atoms with Crippen LogP contribution in [-0.2, 0) is 0 Å². The first-order valence-corrected chi connectivity index (χ1v) is 3.94. The minimum Gasteiger partial charge on any atom is -0.410 e. The van der Waals surface area contributed by atoms with Crippen molar-refractivity contribution >= 4 is 14.0 Å². The van der Waals surface area contributed by atoms with Crippen LogP contribution in [0.25, 0.3) is 0 Å². The van der Waals surface area contributed by atoms with Crippen LogP contribution in [-0.4, -0.2) is 63.5 Å². The van der Waals surface area contributed by atoms with Crippen LogP contribution in [0.1, 0.15) is 0 Å². The van der Waals surface area contributed by atoms with E-state index in [-0.39, 0.29) is 0 Å². The summed E-state index contributed by atoms with van der Waals surface area (Å²) in [6.45, 7) is 1.03. The molecule has 0 atom stereocenters. The Morgan fingerprint density at radius 2 is 1.36 bits per heavy atom. The predicted molar refractivity (Wildman–Crippen MR) is 50.9 cm³/mol. The zero-order valence-corrected chi connectivity index (χ0v) is 8.07. The number of hydrogen-bond donors (Lipinski definition) is 0. The van der Waals surface area contributed by atoms with Crippen LogP contribution in [0.3, 0.4) is 0 Å². The molecule has 1 heterocycles. The second-order valence-corrected chi connectivity index (χ2v) is 3.61. The molecule has 1 aliphatic heterocycles. The van der Waals surface area contributed by atoms with Gasteiger partial charge in [-0.25, -0.2) is 0 Å². The zero-order chi connectivity index (χ0) is 8.59. The maximum absolute atomic E-state index is 2.33. The Morgan fingerprint density at radius 1 is 1.00 bits per heavy atom. The summed E-state index contributed by atoms with van der Waals surface area (Å²) in [6, 6.07) is 0. The molecule has 3 nitrogen and oxygen atoms in total. The third-order valence-corrected chi connectivity index (χ3v) is 2.24. The monoisotopic (exact) mass is 152 g/mol. The highest BCUT2D eigenvalue weighted by atomic mass is 15.2. The van der Waals surface area contributed by atoms with Crippen molar-refractivity contribution in [3.63, 3.8) is 0 Å². The van der Waals surface area contributed by atoms with Crippen LogP contribution in [0.5, 0.6) is 0 Å². The van der Waals surface area contributed by atoms with Gasteiger partial charge in [0.1, 0.15) is 14.0 Å². The Labute approximate surface area is 70.6 Å². The van der Waals surface area contributed by atoms with E-state index in [0.29, 0.717) is 14.0 Å². The highest BCUT2D eigenvalue weighted by Crippen LogP contribution is 2.17. The summed E-state index contributed by atoms with van der Waals surface area (Å²) in [4.78, 5) is 4.42. The van der Waals surface area contributed by atoms with Crippen LogP contribution in [0.2, 0.25) is 0 Å². The molecule has 0 aromatic heterocycles. The van der Waals surface area contributed by atoms with Crippen LogP contribution < -0.4 is 0 Å². The van der Waals surface area contributed by atoms with Crippen molar-refractivity contribution in [1.82, 2.24) is 14.3 Å². The first-order chi connectivity index (χ1) is 5.04. The van der Waals surface area contributed by atoms with Gasteiger partial charge in [-0.05, 0) is 35.2 Å². The summed E-state index contributed by atoms with van der Waals surface area (Å²) in [5.74, 6) is 0. The average molecular weight is 152 g/mol. The quantitative estimate of drug-likeness (QED) is 0.383. The Balaban J connectivity index is 2.38. The molecule has 5 heteroatoms. The summed E-state index contributed by atoms with van der Waals surface area (Å²) in [5.41, 5.74) is 0. The highest BCUT2D eigenvalue weighted by Gasteiger charge is 2.31. The van der Waals surface area contributed by atoms with Gasteiger partial charge in [-0.3, -0.25) is 0 Å².